The molecule has 1 heterocycles. The van der Waals surface area contributed by atoms with E-state index in [0.717, 1.165) is 18.4 Å². The summed E-state index contributed by atoms with van der Waals surface area (Å²) in [5.41, 5.74) is 0.990. The van der Waals surface area contributed by atoms with E-state index in [1.165, 1.54) is 7.11 Å². The third-order valence-corrected chi connectivity index (χ3v) is 2.82. The molecule has 1 saturated carbocycles. The summed E-state index contributed by atoms with van der Waals surface area (Å²) in [6.07, 6.45) is 4.20. The molecule has 0 amide bonds. The summed E-state index contributed by atoms with van der Waals surface area (Å²) in [5.74, 6) is -0.341. The maximum Gasteiger partial charge on any atom is 0.354 e. The molecule has 0 aromatic carbocycles. The Morgan fingerprint density at radius 1 is 1.67 bits per heavy atom. The molecule has 1 aliphatic rings. The van der Waals surface area contributed by atoms with E-state index in [1.807, 2.05) is 6.20 Å². The van der Waals surface area contributed by atoms with Crippen molar-refractivity contribution in [2.45, 2.75) is 24.9 Å². The van der Waals surface area contributed by atoms with E-state index in [1.54, 1.807) is 17.7 Å². The van der Waals surface area contributed by atoms with Gasteiger partial charge in [0.25, 0.3) is 0 Å². The predicted molar refractivity (Wildman–Crippen MR) is 54.6 cm³/mol. The van der Waals surface area contributed by atoms with Gasteiger partial charge < -0.3 is 14.4 Å². The number of rotatable bonds is 3. The number of esters is 1. The first-order valence-corrected chi connectivity index (χ1v) is 5.00. The van der Waals surface area contributed by atoms with E-state index in [9.17, 15) is 9.90 Å². The largest absolute Gasteiger partial charge is 0.464 e. The molecule has 1 aromatic heterocycles. The molecule has 4 nitrogen and oxygen atoms in total. The highest BCUT2D eigenvalue weighted by Crippen LogP contribution is 2.38. The standard InChI is InChI=1S/C11H15NO3/c1-12-7-8(6-11(14)3-4-11)5-9(12)10(13)15-2/h5,7,14H,3-4,6H2,1-2H3. The van der Waals surface area contributed by atoms with Crippen LogP contribution in [0.4, 0.5) is 0 Å². The van der Waals surface area contributed by atoms with Gasteiger partial charge in [0.15, 0.2) is 0 Å². The first kappa shape index (κ1) is 10.2. The molecular weight excluding hydrogens is 194 g/mol. The number of hydrogen-bond donors (Lipinski definition) is 1. The Morgan fingerprint density at radius 2 is 2.33 bits per heavy atom. The zero-order chi connectivity index (χ0) is 11.1. The van der Waals surface area contributed by atoms with Gasteiger partial charge in [-0.3, -0.25) is 0 Å². The third-order valence-electron chi connectivity index (χ3n) is 2.82. The highest BCUT2D eigenvalue weighted by atomic mass is 16.5. The number of methoxy groups -OCH3 is 1. The molecule has 1 N–H and O–H groups in total. The Hall–Kier alpha value is -1.29. The Kier molecular flexibility index (Phi) is 2.31. The van der Waals surface area contributed by atoms with Gasteiger partial charge in [-0.15, -0.1) is 0 Å². The van der Waals surface area contributed by atoms with Crippen molar-refractivity contribution in [3.05, 3.63) is 23.5 Å². The average molecular weight is 209 g/mol. The van der Waals surface area contributed by atoms with Crippen LogP contribution < -0.4 is 0 Å². The fourth-order valence-electron chi connectivity index (χ4n) is 1.74. The molecule has 82 valence electrons. The molecule has 1 fully saturated rings. The van der Waals surface area contributed by atoms with Crippen molar-refractivity contribution in [2.75, 3.05) is 7.11 Å². The molecule has 15 heavy (non-hydrogen) atoms. The van der Waals surface area contributed by atoms with Gasteiger partial charge >= 0.3 is 5.97 Å². The number of ether oxygens (including phenoxy) is 1. The predicted octanol–water partition coefficient (Wildman–Crippen LogP) is 0.879. The summed E-state index contributed by atoms with van der Waals surface area (Å²) in [6.45, 7) is 0. The summed E-state index contributed by atoms with van der Waals surface area (Å²) < 4.78 is 6.38. The second-order valence-corrected chi connectivity index (χ2v) is 4.24. The van der Waals surface area contributed by atoms with Crippen LogP contribution in [0.5, 0.6) is 0 Å². The summed E-state index contributed by atoms with van der Waals surface area (Å²) >= 11 is 0. The number of aryl methyl sites for hydroxylation is 1. The molecule has 1 aliphatic carbocycles. The highest BCUT2D eigenvalue weighted by Gasteiger charge is 2.40. The van der Waals surface area contributed by atoms with E-state index >= 15 is 0 Å². The molecule has 4 heteroatoms. The highest BCUT2D eigenvalue weighted by molar-refractivity contribution is 5.87. The lowest BCUT2D eigenvalue weighted by molar-refractivity contribution is 0.0590. The van der Waals surface area contributed by atoms with Gasteiger partial charge in [0.05, 0.1) is 12.7 Å². The summed E-state index contributed by atoms with van der Waals surface area (Å²) in [7, 11) is 3.16. The molecular formula is C11H15NO3. The van der Waals surface area contributed by atoms with Crippen LogP contribution in [0.15, 0.2) is 12.3 Å². The third kappa shape index (κ3) is 2.04. The number of aromatic nitrogens is 1. The van der Waals surface area contributed by atoms with Gasteiger partial charge in [0.1, 0.15) is 5.69 Å². The first-order chi connectivity index (χ1) is 7.04. The van der Waals surface area contributed by atoms with Crippen LogP contribution in [0.2, 0.25) is 0 Å². The van der Waals surface area contributed by atoms with Crippen molar-refractivity contribution in [1.29, 1.82) is 0 Å². The molecule has 0 aliphatic heterocycles. The Labute approximate surface area is 88.5 Å². The molecule has 1 aromatic rings. The molecule has 2 rings (SSSR count). The molecule has 0 spiro atoms. The fraction of sp³-hybridized carbons (Fsp3) is 0.545. The first-order valence-electron chi connectivity index (χ1n) is 5.00. The second kappa shape index (κ2) is 3.38. The van der Waals surface area contributed by atoms with E-state index in [4.69, 9.17) is 0 Å². The minimum absolute atomic E-state index is 0.341. The molecule has 0 atom stereocenters. The van der Waals surface area contributed by atoms with Gasteiger partial charge in [-0.2, -0.15) is 0 Å². The fourth-order valence-corrected chi connectivity index (χ4v) is 1.74. The molecule has 0 radical (unpaired) electrons. The van der Waals surface area contributed by atoms with Crippen LogP contribution in [0.3, 0.4) is 0 Å². The lowest BCUT2D eigenvalue weighted by atomic mass is 10.1. The van der Waals surface area contributed by atoms with Gasteiger partial charge in [-0.25, -0.2) is 4.79 Å². The van der Waals surface area contributed by atoms with Crippen LogP contribution in [0, 0.1) is 0 Å². The molecule has 0 saturated heterocycles. The van der Waals surface area contributed by atoms with E-state index in [-0.39, 0.29) is 5.97 Å². The van der Waals surface area contributed by atoms with Crippen LogP contribution >= 0.6 is 0 Å². The smallest absolute Gasteiger partial charge is 0.354 e. The Balaban J connectivity index is 2.17. The van der Waals surface area contributed by atoms with E-state index < -0.39 is 5.60 Å². The Bertz CT molecular complexity index is 391. The minimum atomic E-state index is -0.519. The molecule has 0 unspecified atom stereocenters. The Morgan fingerprint density at radius 3 is 2.87 bits per heavy atom. The number of hydrogen-bond acceptors (Lipinski definition) is 3. The van der Waals surface area contributed by atoms with Gasteiger partial charge in [-0.05, 0) is 24.5 Å². The van der Waals surface area contributed by atoms with Gasteiger partial charge in [0, 0.05) is 19.7 Å². The van der Waals surface area contributed by atoms with Crippen molar-refractivity contribution in [1.82, 2.24) is 4.57 Å². The normalized spacial score (nSPS) is 17.5. The molecule has 0 bridgehead atoms. The van der Waals surface area contributed by atoms with Crippen molar-refractivity contribution in [2.24, 2.45) is 7.05 Å². The topological polar surface area (TPSA) is 51.5 Å². The van der Waals surface area contributed by atoms with Crippen molar-refractivity contribution < 1.29 is 14.6 Å². The summed E-state index contributed by atoms with van der Waals surface area (Å²) in [5, 5.41) is 9.75. The van der Waals surface area contributed by atoms with Crippen LogP contribution in [-0.4, -0.2) is 28.4 Å². The number of carbonyl (C=O) groups is 1. The maximum atomic E-state index is 11.3. The van der Waals surface area contributed by atoms with Gasteiger partial charge in [0.2, 0.25) is 0 Å². The van der Waals surface area contributed by atoms with Crippen LogP contribution in [0.1, 0.15) is 28.9 Å². The van der Waals surface area contributed by atoms with Crippen molar-refractivity contribution in [3.63, 3.8) is 0 Å². The lowest BCUT2D eigenvalue weighted by Crippen LogP contribution is -2.09. The average Bonchev–Trinajstić information content (AvgIpc) is 2.79. The quantitative estimate of drug-likeness (QED) is 0.752. The maximum absolute atomic E-state index is 11.3. The van der Waals surface area contributed by atoms with E-state index in [2.05, 4.69) is 4.74 Å². The zero-order valence-electron chi connectivity index (χ0n) is 8.99. The van der Waals surface area contributed by atoms with Crippen molar-refractivity contribution >= 4 is 5.97 Å². The monoisotopic (exact) mass is 209 g/mol. The lowest BCUT2D eigenvalue weighted by Gasteiger charge is -2.03. The summed E-state index contributed by atoms with van der Waals surface area (Å²) in [4.78, 5) is 11.3. The zero-order valence-corrected chi connectivity index (χ0v) is 8.99. The second-order valence-electron chi connectivity index (χ2n) is 4.24. The minimum Gasteiger partial charge on any atom is -0.464 e. The summed E-state index contributed by atoms with van der Waals surface area (Å²) in [6, 6.07) is 1.78. The van der Waals surface area contributed by atoms with Crippen LogP contribution in [-0.2, 0) is 18.2 Å². The SMILES string of the molecule is COC(=O)c1cc(CC2(O)CC2)cn1C. The van der Waals surface area contributed by atoms with E-state index in [0.29, 0.717) is 12.1 Å². The number of carbonyl (C=O) groups excluding carboxylic acids is 1. The number of nitrogens with zero attached hydrogens (tertiary/aromatic N) is 1. The van der Waals surface area contributed by atoms with Crippen molar-refractivity contribution in [3.8, 4) is 0 Å². The number of aliphatic hydroxyl groups is 1. The van der Waals surface area contributed by atoms with Gasteiger partial charge in [-0.1, -0.05) is 0 Å². The van der Waals surface area contributed by atoms with Crippen LogP contribution in [0.25, 0.3) is 0 Å².